The molecule has 7 heteroatoms. The molecule has 1 aliphatic rings. The van der Waals surface area contributed by atoms with Gasteiger partial charge in [0.15, 0.2) is 17.5 Å². The summed E-state index contributed by atoms with van der Waals surface area (Å²) in [6, 6.07) is 10.4. The van der Waals surface area contributed by atoms with Gasteiger partial charge in [0.1, 0.15) is 5.69 Å². The minimum absolute atomic E-state index is 0.180. The van der Waals surface area contributed by atoms with Crippen molar-refractivity contribution in [1.29, 1.82) is 0 Å². The Labute approximate surface area is 192 Å². The van der Waals surface area contributed by atoms with E-state index in [0.717, 1.165) is 42.3 Å². The van der Waals surface area contributed by atoms with Gasteiger partial charge in [-0.2, -0.15) is 5.10 Å². The molecule has 1 fully saturated rings. The van der Waals surface area contributed by atoms with Gasteiger partial charge in [-0.25, -0.2) is 13.8 Å². The quantitative estimate of drug-likeness (QED) is 0.370. The van der Waals surface area contributed by atoms with Gasteiger partial charge in [0.25, 0.3) is 0 Å². The van der Waals surface area contributed by atoms with E-state index in [4.69, 9.17) is 0 Å². The number of nitrogens with zero attached hydrogens (tertiary/aromatic N) is 3. The van der Waals surface area contributed by atoms with Gasteiger partial charge >= 0.3 is 0 Å². The van der Waals surface area contributed by atoms with E-state index in [1.165, 1.54) is 43.0 Å². The highest BCUT2D eigenvalue weighted by atomic mass is 19.2. The summed E-state index contributed by atoms with van der Waals surface area (Å²) in [5, 5.41) is 7.06. The molecule has 1 saturated heterocycles. The van der Waals surface area contributed by atoms with Gasteiger partial charge in [0, 0.05) is 17.7 Å². The summed E-state index contributed by atoms with van der Waals surface area (Å²) in [5.74, 6) is -1.08. The maximum Gasteiger partial charge on any atom is 0.166 e. The highest BCUT2D eigenvalue weighted by molar-refractivity contribution is 5.82. The summed E-state index contributed by atoms with van der Waals surface area (Å²) < 4.78 is 27.4. The number of hydrogen-bond donors (Lipinski definition) is 2. The molecule has 0 spiro atoms. The molecule has 0 amide bonds. The number of nitrogens with one attached hydrogen (secondary N) is 2. The van der Waals surface area contributed by atoms with Crippen molar-refractivity contribution in [1.82, 2.24) is 25.1 Å². The molecule has 172 valence electrons. The zero-order chi connectivity index (χ0) is 23.2. The summed E-state index contributed by atoms with van der Waals surface area (Å²) in [4.78, 5) is 10.5. The van der Waals surface area contributed by atoms with Crippen molar-refractivity contribution in [3.63, 3.8) is 0 Å². The molecular formula is C26H29F2N5. The maximum atomic E-state index is 13.9. The second-order valence-electron chi connectivity index (χ2n) is 7.95. The Bertz CT molecular complexity index is 1230. The topological polar surface area (TPSA) is 60.6 Å². The third-order valence-electron chi connectivity index (χ3n) is 5.73. The van der Waals surface area contributed by atoms with Gasteiger partial charge < -0.3 is 4.98 Å². The van der Waals surface area contributed by atoms with Crippen LogP contribution in [0.4, 0.5) is 8.78 Å². The van der Waals surface area contributed by atoms with Crippen LogP contribution in [0.5, 0.6) is 0 Å². The fourth-order valence-electron chi connectivity index (χ4n) is 4.09. The van der Waals surface area contributed by atoms with Crippen LogP contribution in [0.25, 0.3) is 34.7 Å². The monoisotopic (exact) mass is 449 g/mol. The number of aromatic nitrogens is 4. The predicted octanol–water partition coefficient (Wildman–Crippen LogP) is 6.41. The normalized spacial score (nSPS) is 14.5. The lowest BCUT2D eigenvalue weighted by atomic mass is 10.1. The smallest absolute Gasteiger partial charge is 0.166 e. The number of benzene rings is 2. The van der Waals surface area contributed by atoms with Crippen LogP contribution in [0.2, 0.25) is 0 Å². The van der Waals surface area contributed by atoms with Crippen LogP contribution in [-0.4, -0.2) is 38.2 Å². The SMILES string of the molecule is CC.Fc1cccc(/C=C/c2cn[nH]c2-c2nc3ccc(CN4CCCCC4)cc3[nH]2)c1F. The zero-order valence-corrected chi connectivity index (χ0v) is 19.0. The van der Waals surface area contributed by atoms with Crippen LogP contribution >= 0.6 is 0 Å². The number of aromatic amines is 2. The molecule has 0 atom stereocenters. The average Bonchev–Trinajstić information content (AvgIpc) is 3.48. The third kappa shape index (κ3) is 5.20. The maximum absolute atomic E-state index is 13.9. The van der Waals surface area contributed by atoms with Crippen LogP contribution in [0.3, 0.4) is 0 Å². The van der Waals surface area contributed by atoms with Crippen LogP contribution in [0, 0.1) is 11.6 Å². The lowest BCUT2D eigenvalue weighted by Crippen LogP contribution is -2.29. The van der Waals surface area contributed by atoms with Crippen LogP contribution < -0.4 is 0 Å². The van der Waals surface area contributed by atoms with Gasteiger partial charge in [-0.05, 0) is 49.7 Å². The van der Waals surface area contributed by atoms with E-state index in [9.17, 15) is 8.78 Å². The molecule has 0 aliphatic carbocycles. The van der Waals surface area contributed by atoms with E-state index in [0.29, 0.717) is 11.5 Å². The van der Waals surface area contributed by atoms with Crippen LogP contribution in [-0.2, 0) is 6.54 Å². The lowest BCUT2D eigenvalue weighted by molar-refractivity contribution is 0.221. The first-order chi connectivity index (χ1) is 16.2. The Morgan fingerprint density at radius 2 is 1.79 bits per heavy atom. The molecule has 33 heavy (non-hydrogen) atoms. The second-order valence-corrected chi connectivity index (χ2v) is 7.95. The number of rotatable bonds is 5. The second kappa shape index (κ2) is 10.5. The van der Waals surface area contributed by atoms with Crippen LogP contribution in [0.15, 0.2) is 42.6 Å². The minimum Gasteiger partial charge on any atom is -0.337 e. The first kappa shape index (κ1) is 22.9. The van der Waals surface area contributed by atoms with Crippen molar-refractivity contribution in [2.45, 2.75) is 39.7 Å². The molecule has 3 heterocycles. The molecule has 1 aliphatic heterocycles. The van der Waals surface area contributed by atoms with Gasteiger partial charge in [-0.3, -0.25) is 10.00 Å². The van der Waals surface area contributed by atoms with Crippen molar-refractivity contribution in [2.75, 3.05) is 13.1 Å². The fraction of sp³-hybridized carbons (Fsp3) is 0.308. The van der Waals surface area contributed by atoms with Gasteiger partial charge in [-0.1, -0.05) is 50.6 Å². The average molecular weight is 450 g/mol. The van der Waals surface area contributed by atoms with Gasteiger partial charge in [0.2, 0.25) is 0 Å². The van der Waals surface area contributed by atoms with E-state index in [1.54, 1.807) is 12.3 Å². The number of likely N-dealkylation sites (tertiary alicyclic amines) is 1. The highest BCUT2D eigenvalue weighted by Gasteiger charge is 2.14. The Morgan fingerprint density at radius 3 is 2.61 bits per heavy atom. The van der Waals surface area contributed by atoms with E-state index >= 15 is 0 Å². The lowest BCUT2D eigenvalue weighted by Gasteiger charge is -2.26. The summed E-state index contributed by atoms with van der Waals surface area (Å²) in [6.45, 7) is 7.26. The molecular weight excluding hydrogens is 420 g/mol. The summed E-state index contributed by atoms with van der Waals surface area (Å²) >= 11 is 0. The van der Waals surface area contributed by atoms with E-state index in [1.807, 2.05) is 19.9 Å². The molecule has 2 aromatic carbocycles. The zero-order valence-electron chi connectivity index (χ0n) is 19.0. The number of hydrogen-bond acceptors (Lipinski definition) is 3. The fourth-order valence-corrected chi connectivity index (χ4v) is 4.09. The van der Waals surface area contributed by atoms with E-state index in [-0.39, 0.29) is 5.56 Å². The number of imidazole rings is 1. The summed E-state index contributed by atoms with van der Waals surface area (Å²) in [5.41, 5.74) is 4.71. The Morgan fingerprint density at radius 1 is 1.00 bits per heavy atom. The standard InChI is InChI=1S/C24H23F2N5.C2H6/c25-19-6-4-5-17(22(19)26)8-9-18-14-27-30-23(18)24-28-20-10-7-16(13-21(20)29-24)15-31-11-2-1-3-12-31;1-2/h4-10,13-14H,1-3,11-12,15H2,(H,27,30)(H,28,29);1-2H3/b9-8+;. The van der Waals surface area contributed by atoms with E-state index < -0.39 is 11.6 Å². The number of H-pyrrole nitrogens is 2. The van der Waals surface area contributed by atoms with Crippen molar-refractivity contribution in [2.24, 2.45) is 0 Å². The largest absolute Gasteiger partial charge is 0.337 e. The third-order valence-corrected chi connectivity index (χ3v) is 5.73. The van der Waals surface area contributed by atoms with Crippen molar-refractivity contribution < 1.29 is 8.78 Å². The van der Waals surface area contributed by atoms with Crippen molar-refractivity contribution >= 4 is 23.2 Å². The van der Waals surface area contributed by atoms with Crippen molar-refractivity contribution in [3.05, 3.63) is 70.9 Å². The molecule has 0 saturated carbocycles. The molecule has 0 bridgehead atoms. The Balaban J connectivity index is 0.00000126. The van der Waals surface area contributed by atoms with Crippen LogP contribution in [0.1, 0.15) is 49.8 Å². The van der Waals surface area contributed by atoms with Crippen molar-refractivity contribution in [3.8, 4) is 11.5 Å². The first-order valence-electron chi connectivity index (χ1n) is 11.5. The molecule has 5 rings (SSSR count). The molecule has 4 aromatic rings. The molecule has 5 nitrogen and oxygen atoms in total. The number of piperidine rings is 1. The summed E-state index contributed by atoms with van der Waals surface area (Å²) in [7, 11) is 0. The van der Waals surface area contributed by atoms with Gasteiger partial charge in [-0.15, -0.1) is 0 Å². The molecule has 0 unspecified atom stereocenters. The first-order valence-corrected chi connectivity index (χ1v) is 11.5. The van der Waals surface area contributed by atoms with Gasteiger partial charge in [0.05, 0.1) is 17.2 Å². The Hall–Kier alpha value is -3.32. The highest BCUT2D eigenvalue weighted by Crippen LogP contribution is 2.25. The molecule has 2 aromatic heterocycles. The molecule has 2 N–H and O–H groups in total. The number of fused-ring (bicyclic) bond motifs is 1. The predicted molar refractivity (Wildman–Crippen MR) is 129 cm³/mol. The number of halogens is 2. The Kier molecular flexibility index (Phi) is 7.29. The molecule has 0 radical (unpaired) electrons. The minimum atomic E-state index is -0.868. The summed E-state index contributed by atoms with van der Waals surface area (Å²) in [6.07, 6.45) is 8.74. The van der Waals surface area contributed by atoms with E-state index in [2.05, 4.69) is 37.2 Å².